The number of anilines is 1. The minimum absolute atomic E-state index is 0.0443. The van der Waals surface area contributed by atoms with Crippen LogP contribution in [0.15, 0.2) is 49.1 Å². The Bertz CT molecular complexity index is 1230. The molecule has 31 heavy (non-hydrogen) atoms. The molecule has 1 fully saturated rings. The van der Waals surface area contributed by atoms with Crippen molar-refractivity contribution in [2.24, 2.45) is 7.05 Å². The Hall–Kier alpha value is -3.59. The van der Waals surface area contributed by atoms with Gasteiger partial charge in [-0.05, 0) is 24.3 Å². The molecule has 0 unspecified atom stereocenters. The van der Waals surface area contributed by atoms with E-state index < -0.39 is 0 Å². The van der Waals surface area contributed by atoms with E-state index in [1.165, 1.54) is 0 Å². The van der Waals surface area contributed by atoms with Gasteiger partial charge in [0.05, 0.1) is 22.8 Å². The van der Waals surface area contributed by atoms with Crippen LogP contribution in [0.4, 0.5) is 5.95 Å². The Kier molecular flexibility index (Phi) is 4.95. The molecule has 9 nitrogen and oxygen atoms in total. The van der Waals surface area contributed by atoms with Gasteiger partial charge in [0.25, 0.3) is 5.91 Å². The summed E-state index contributed by atoms with van der Waals surface area (Å²) in [5, 5.41) is 5.44. The van der Waals surface area contributed by atoms with Crippen molar-refractivity contribution in [3.63, 3.8) is 0 Å². The maximum Gasteiger partial charge on any atom is 0.254 e. The molecule has 0 N–H and O–H groups in total. The molecule has 1 aliphatic rings. The monoisotopic (exact) mass is 434 g/mol. The Morgan fingerprint density at radius 2 is 1.81 bits per heavy atom. The van der Waals surface area contributed by atoms with Gasteiger partial charge in [0.15, 0.2) is 5.65 Å². The molecule has 4 aromatic rings. The van der Waals surface area contributed by atoms with Crippen LogP contribution in [0.1, 0.15) is 10.4 Å². The van der Waals surface area contributed by atoms with E-state index in [0.29, 0.717) is 54.2 Å². The average molecular weight is 435 g/mol. The van der Waals surface area contributed by atoms with Crippen LogP contribution in [0.3, 0.4) is 0 Å². The molecule has 1 amide bonds. The lowest BCUT2D eigenvalue weighted by Gasteiger charge is -2.34. The van der Waals surface area contributed by atoms with Crippen LogP contribution in [0.2, 0.25) is 5.15 Å². The van der Waals surface area contributed by atoms with Crippen LogP contribution in [-0.4, -0.2) is 66.7 Å². The van der Waals surface area contributed by atoms with E-state index >= 15 is 0 Å². The number of carbonyl (C=O) groups excluding carboxylic acids is 1. The quantitative estimate of drug-likeness (QED) is 0.457. The van der Waals surface area contributed by atoms with Gasteiger partial charge in [-0.1, -0.05) is 11.6 Å². The van der Waals surface area contributed by atoms with E-state index in [2.05, 4.69) is 25.0 Å². The molecule has 156 valence electrons. The summed E-state index contributed by atoms with van der Waals surface area (Å²) in [5.41, 5.74) is 2.66. The van der Waals surface area contributed by atoms with E-state index in [4.69, 9.17) is 16.6 Å². The van der Waals surface area contributed by atoms with Crippen molar-refractivity contribution in [1.29, 1.82) is 0 Å². The Balaban J connectivity index is 1.45. The van der Waals surface area contributed by atoms with Gasteiger partial charge in [0.2, 0.25) is 5.95 Å². The number of fused-ring (bicyclic) bond motifs is 1. The first kappa shape index (κ1) is 19.4. The van der Waals surface area contributed by atoms with Gasteiger partial charge in [-0.3, -0.25) is 9.48 Å². The molecule has 1 saturated heterocycles. The molecule has 0 atom stereocenters. The van der Waals surface area contributed by atoms with Gasteiger partial charge < -0.3 is 9.80 Å². The zero-order valence-electron chi connectivity index (χ0n) is 16.8. The molecule has 0 saturated carbocycles. The Labute approximate surface area is 183 Å². The molecular weight excluding hydrogens is 416 g/mol. The van der Waals surface area contributed by atoms with Gasteiger partial charge in [-0.15, -0.1) is 0 Å². The normalized spacial score (nSPS) is 14.3. The second kappa shape index (κ2) is 7.92. The van der Waals surface area contributed by atoms with E-state index in [-0.39, 0.29) is 5.91 Å². The number of pyridine rings is 2. The average Bonchev–Trinajstić information content (AvgIpc) is 3.20. The number of rotatable bonds is 3. The maximum absolute atomic E-state index is 13.5. The van der Waals surface area contributed by atoms with Crippen molar-refractivity contribution in [2.75, 3.05) is 31.1 Å². The van der Waals surface area contributed by atoms with Gasteiger partial charge in [0.1, 0.15) is 5.15 Å². The second-order valence-corrected chi connectivity index (χ2v) is 7.65. The fraction of sp³-hybridized carbons (Fsp3) is 0.238. The lowest BCUT2D eigenvalue weighted by Crippen LogP contribution is -2.49. The molecule has 0 spiro atoms. The van der Waals surface area contributed by atoms with Crippen molar-refractivity contribution in [3.05, 3.63) is 59.8 Å². The zero-order chi connectivity index (χ0) is 21.4. The van der Waals surface area contributed by atoms with Crippen molar-refractivity contribution >= 4 is 34.5 Å². The summed E-state index contributed by atoms with van der Waals surface area (Å²) in [6, 6.07) is 7.15. The number of hydrogen-bond acceptors (Lipinski definition) is 7. The minimum atomic E-state index is -0.0443. The molecule has 0 aromatic carbocycles. The SMILES string of the molecule is Cn1ncc2c(C(=O)N3CCN(c4ncccn4)CC3)cc(-c3ccc(Cl)nc3)nc21. The van der Waals surface area contributed by atoms with Crippen molar-refractivity contribution in [2.45, 2.75) is 0 Å². The summed E-state index contributed by atoms with van der Waals surface area (Å²) in [5.74, 6) is 0.642. The number of piperazine rings is 1. The predicted molar refractivity (Wildman–Crippen MR) is 117 cm³/mol. The highest BCUT2D eigenvalue weighted by Crippen LogP contribution is 2.26. The predicted octanol–water partition coefficient (Wildman–Crippen LogP) is 2.44. The number of amides is 1. The highest BCUT2D eigenvalue weighted by Gasteiger charge is 2.26. The molecule has 1 aliphatic heterocycles. The molecule has 5 heterocycles. The van der Waals surface area contributed by atoms with E-state index in [1.54, 1.807) is 41.6 Å². The molecule has 0 radical (unpaired) electrons. The fourth-order valence-electron chi connectivity index (χ4n) is 3.70. The lowest BCUT2D eigenvalue weighted by atomic mass is 10.1. The van der Waals surface area contributed by atoms with Crippen molar-refractivity contribution in [3.8, 4) is 11.3 Å². The smallest absolute Gasteiger partial charge is 0.254 e. The van der Waals surface area contributed by atoms with Gasteiger partial charge in [-0.25, -0.2) is 19.9 Å². The topological polar surface area (TPSA) is 92.9 Å². The molecule has 0 aliphatic carbocycles. The molecule has 0 bridgehead atoms. The maximum atomic E-state index is 13.5. The molecule has 10 heteroatoms. The third kappa shape index (κ3) is 3.68. The number of hydrogen-bond donors (Lipinski definition) is 0. The third-order valence-corrected chi connectivity index (χ3v) is 5.58. The first-order valence-electron chi connectivity index (χ1n) is 9.86. The van der Waals surface area contributed by atoms with Crippen molar-refractivity contribution < 1.29 is 4.79 Å². The highest BCUT2D eigenvalue weighted by molar-refractivity contribution is 6.29. The van der Waals surface area contributed by atoms with Crippen LogP contribution in [0.5, 0.6) is 0 Å². The molecule has 5 rings (SSSR count). The second-order valence-electron chi connectivity index (χ2n) is 7.26. The zero-order valence-corrected chi connectivity index (χ0v) is 17.6. The first-order chi connectivity index (χ1) is 15.1. The van der Waals surface area contributed by atoms with E-state index in [0.717, 1.165) is 10.9 Å². The minimum Gasteiger partial charge on any atom is -0.337 e. The number of nitrogens with zero attached hydrogens (tertiary/aromatic N) is 8. The summed E-state index contributed by atoms with van der Waals surface area (Å²) in [4.78, 5) is 34.9. The van der Waals surface area contributed by atoms with Crippen LogP contribution in [0, 0.1) is 0 Å². The Morgan fingerprint density at radius 1 is 1.03 bits per heavy atom. The van der Waals surface area contributed by atoms with Crippen LogP contribution in [0.25, 0.3) is 22.3 Å². The summed E-state index contributed by atoms with van der Waals surface area (Å²) in [6.45, 7) is 2.51. The van der Waals surface area contributed by atoms with Gasteiger partial charge in [-0.2, -0.15) is 5.10 Å². The number of halogens is 1. The first-order valence-corrected chi connectivity index (χ1v) is 10.2. The van der Waals surface area contributed by atoms with E-state index in [1.807, 2.05) is 24.1 Å². The standard InChI is InChI=1S/C21H19ClN8O/c1-28-19-16(13-26-28)15(11-17(27-19)14-3-4-18(22)25-12-14)20(31)29-7-9-30(10-8-29)21-23-5-2-6-24-21/h2-6,11-13H,7-10H2,1H3. The van der Waals surface area contributed by atoms with Gasteiger partial charge in [0, 0.05) is 57.4 Å². The van der Waals surface area contributed by atoms with Crippen molar-refractivity contribution in [1.82, 2.24) is 34.6 Å². The summed E-state index contributed by atoms with van der Waals surface area (Å²) < 4.78 is 1.67. The molecule has 4 aromatic heterocycles. The van der Waals surface area contributed by atoms with Crippen LogP contribution in [-0.2, 0) is 7.05 Å². The fourth-order valence-corrected chi connectivity index (χ4v) is 3.81. The lowest BCUT2D eigenvalue weighted by molar-refractivity contribution is 0.0748. The van der Waals surface area contributed by atoms with Gasteiger partial charge >= 0.3 is 0 Å². The van der Waals surface area contributed by atoms with E-state index in [9.17, 15) is 4.79 Å². The highest BCUT2D eigenvalue weighted by atomic mass is 35.5. The van der Waals surface area contributed by atoms with Crippen LogP contribution >= 0.6 is 11.6 Å². The molecular formula is C21H19ClN8O. The summed E-state index contributed by atoms with van der Waals surface area (Å²) >= 11 is 5.92. The summed E-state index contributed by atoms with van der Waals surface area (Å²) in [7, 11) is 1.81. The summed E-state index contributed by atoms with van der Waals surface area (Å²) in [6.07, 6.45) is 6.79. The number of aromatic nitrogens is 6. The third-order valence-electron chi connectivity index (χ3n) is 5.36. The largest absolute Gasteiger partial charge is 0.337 e. The van der Waals surface area contributed by atoms with Crippen LogP contribution < -0.4 is 4.90 Å². The Morgan fingerprint density at radius 3 is 2.52 bits per heavy atom. The number of aryl methyl sites for hydroxylation is 1. The number of carbonyl (C=O) groups is 1.